The molecule has 176 valence electrons. The summed E-state index contributed by atoms with van der Waals surface area (Å²) in [5.41, 5.74) is 0. The van der Waals surface area contributed by atoms with Crippen LogP contribution in [0.2, 0.25) is 0 Å². The van der Waals surface area contributed by atoms with Crippen LogP contribution in [0.25, 0.3) is 0 Å². The van der Waals surface area contributed by atoms with E-state index in [-0.39, 0.29) is 24.3 Å². The average Bonchev–Trinajstić information content (AvgIpc) is 3.11. The first-order chi connectivity index (χ1) is 14.7. The fourth-order valence-electron chi connectivity index (χ4n) is 4.34. The Kier molecular flexibility index (Phi) is 9.58. The third-order valence-corrected chi connectivity index (χ3v) is 6.26. The molecule has 1 saturated heterocycles. The second-order valence-corrected chi connectivity index (χ2v) is 9.19. The Morgan fingerprint density at radius 2 is 1.77 bits per heavy atom. The maximum atomic E-state index is 12.8. The summed E-state index contributed by atoms with van der Waals surface area (Å²) in [5.74, 6) is -1.64. The molecule has 2 rings (SSSR count). The highest BCUT2D eigenvalue weighted by Gasteiger charge is 2.33. The Balaban J connectivity index is 1.92. The monoisotopic (exact) mass is 439 g/mol. The lowest BCUT2D eigenvalue weighted by atomic mass is 9.86. The van der Waals surface area contributed by atoms with E-state index in [9.17, 15) is 24.3 Å². The van der Waals surface area contributed by atoms with Gasteiger partial charge in [0, 0.05) is 12.5 Å². The van der Waals surface area contributed by atoms with E-state index in [2.05, 4.69) is 22.9 Å². The standard InChI is InChI=1S/C22H37N3O6/c1-4-14-5-7-16(8-6-14)31-22(30)25-17(11-13(2)3)20(27)24-18(21(28)29)12-15-9-10-23-19(15)26/h13-18H,4-12H2,1-3H3,(H,23,26)(H,24,27)(H,25,30)(H,28,29). The van der Waals surface area contributed by atoms with Crippen LogP contribution in [-0.4, -0.2) is 53.7 Å². The van der Waals surface area contributed by atoms with Crippen LogP contribution in [0.3, 0.4) is 0 Å². The molecule has 3 unspecified atom stereocenters. The molecule has 9 heteroatoms. The second-order valence-electron chi connectivity index (χ2n) is 9.19. The van der Waals surface area contributed by atoms with Gasteiger partial charge in [-0.05, 0) is 56.8 Å². The number of rotatable bonds is 10. The number of carboxylic acid groups (broad SMARTS) is 1. The summed E-state index contributed by atoms with van der Waals surface area (Å²) in [6, 6.07) is -2.10. The summed E-state index contributed by atoms with van der Waals surface area (Å²) in [5, 5.41) is 17.3. The molecule has 3 atom stereocenters. The van der Waals surface area contributed by atoms with Crippen molar-refractivity contribution in [3.8, 4) is 0 Å². The van der Waals surface area contributed by atoms with Crippen molar-refractivity contribution < 1.29 is 29.0 Å². The minimum atomic E-state index is -1.20. The maximum Gasteiger partial charge on any atom is 0.408 e. The van der Waals surface area contributed by atoms with Gasteiger partial charge in [0.25, 0.3) is 0 Å². The molecule has 1 saturated carbocycles. The lowest BCUT2D eigenvalue weighted by Crippen LogP contribution is -2.53. The Morgan fingerprint density at radius 1 is 1.10 bits per heavy atom. The van der Waals surface area contributed by atoms with Crippen molar-refractivity contribution in [2.45, 2.75) is 90.3 Å². The van der Waals surface area contributed by atoms with Gasteiger partial charge >= 0.3 is 12.1 Å². The molecule has 0 spiro atoms. The van der Waals surface area contributed by atoms with E-state index in [1.54, 1.807) is 0 Å². The summed E-state index contributed by atoms with van der Waals surface area (Å²) in [4.78, 5) is 48.7. The second kappa shape index (κ2) is 11.9. The van der Waals surface area contributed by atoms with Crippen molar-refractivity contribution in [3.05, 3.63) is 0 Å². The van der Waals surface area contributed by atoms with Crippen LogP contribution in [0.4, 0.5) is 4.79 Å². The largest absolute Gasteiger partial charge is 0.480 e. The summed E-state index contributed by atoms with van der Waals surface area (Å²) in [6.45, 7) is 6.50. The van der Waals surface area contributed by atoms with Gasteiger partial charge in [-0.3, -0.25) is 9.59 Å². The number of carbonyl (C=O) groups is 4. The quantitative estimate of drug-likeness (QED) is 0.412. The molecule has 0 aromatic rings. The molecule has 4 N–H and O–H groups in total. The maximum absolute atomic E-state index is 12.8. The van der Waals surface area contributed by atoms with E-state index in [0.29, 0.717) is 25.3 Å². The van der Waals surface area contributed by atoms with Crippen molar-refractivity contribution in [2.24, 2.45) is 17.8 Å². The van der Waals surface area contributed by atoms with E-state index < -0.39 is 36.0 Å². The third kappa shape index (κ3) is 8.03. The highest BCUT2D eigenvalue weighted by Crippen LogP contribution is 2.28. The molecule has 0 aromatic heterocycles. The van der Waals surface area contributed by atoms with E-state index >= 15 is 0 Å². The van der Waals surface area contributed by atoms with Crippen LogP contribution in [0.1, 0.15) is 72.1 Å². The van der Waals surface area contributed by atoms with Crippen LogP contribution < -0.4 is 16.0 Å². The van der Waals surface area contributed by atoms with Crippen LogP contribution in [0, 0.1) is 17.8 Å². The van der Waals surface area contributed by atoms with Crippen LogP contribution in [-0.2, 0) is 19.1 Å². The summed E-state index contributed by atoms with van der Waals surface area (Å²) in [6.07, 6.45) is 4.92. The van der Waals surface area contributed by atoms with E-state index in [1.807, 2.05) is 13.8 Å². The molecule has 9 nitrogen and oxygen atoms in total. The van der Waals surface area contributed by atoms with Gasteiger partial charge in [-0.15, -0.1) is 0 Å². The number of nitrogens with one attached hydrogen (secondary N) is 3. The number of aliphatic carboxylic acids is 1. The van der Waals surface area contributed by atoms with Gasteiger partial charge in [-0.25, -0.2) is 9.59 Å². The first-order valence-corrected chi connectivity index (χ1v) is 11.5. The SMILES string of the molecule is CCC1CCC(OC(=O)NC(CC(C)C)C(=O)NC(CC2CCNC2=O)C(=O)O)CC1. The van der Waals surface area contributed by atoms with E-state index in [4.69, 9.17) is 4.74 Å². The Labute approximate surface area is 184 Å². The Bertz CT molecular complexity index is 645. The van der Waals surface area contributed by atoms with Gasteiger partial charge in [-0.2, -0.15) is 0 Å². The highest BCUT2D eigenvalue weighted by molar-refractivity contribution is 5.90. The van der Waals surface area contributed by atoms with Gasteiger partial charge in [0.15, 0.2) is 0 Å². The van der Waals surface area contributed by atoms with E-state index in [0.717, 1.165) is 32.1 Å². The highest BCUT2D eigenvalue weighted by atomic mass is 16.6. The predicted octanol–water partition coefficient (Wildman–Crippen LogP) is 2.19. The third-order valence-electron chi connectivity index (χ3n) is 6.26. The van der Waals surface area contributed by atoms with Crippen LogP contribution >= 0.6 is 0 Å². The van der Waals surface area contributed by atoms with Crippen molar-refractivity contribution in [1.29, 1.82) is 0 Å². The Hall–Kier alpha value is -2.32. The van der Waals surface area contributed by atoms with E-state index in [1.165, 1.54) is 0 Å². The first-order valence-electron chi connectivity index (χ1n) is 11.5. The van der Waals surface area contributed by atoms with Crippen LogP contribution in [0.15, 0.2) is 0 Å². The fourth-order valence-corrected chi connectivity index (χ4v) is 4.34. The number of carboxylic acids is 1. The van der Waals surface area contributed by atoms with Crippen LogP contribution in [0.5, 0.6) is 0 Å². The number of hydrogen-bond acceptors (Lipinski definition) is 5. The molecule has 0 aromatic carbocycles. The molecule has 1 aliphatic carbocycles. The number of ether oxygens (including phenoxy) is 1. The number of alkyl carbamates (subject to hydrolysis) is 1. The molecule has 0 radical (unpaired) electrons. The lowest BCUT2D eigenvalue weighted by molar-refractivity contribution is -0.143. The van der Waals surface area contributed by atoms with Crippen molar-refractivity contribution >= 4 is 23.9 Å². The number of amides is 3. The molecular weight excluding hydrogens is 402 g/mol. The Morgan fingerprint density at radius 3 is 2.29 bits per heavy atom. The smallest absolute Gasteiger partial charge is 0.408 e. The van der Waals surface area contributed by atoms with Gasteiger partial charge in [0.05, 0.1) is 0 Å². The zero-order chi connectivity index (χ0) is 23.0. The topological polar surface area (TPSA) is 134 Å². The summed E-state index contributed by atoms with van der Waals surface area (Å²) >= 11 is 0. The van der Waals surface area contributed by atoms with Crippen molar-refractivity contribution in [1.82, 2.24) is 16.0 Å². The normalized spacial score (nSPS) is 25.4. The predicted molar refractivity (Wildman–Crippen MR) is 114 cm³/mol. The zero-order valence-corrected chi connectivity index (χ0v) is 18.8. The molecular formula is C22H37N3O6. The molecule has 2 aliphatic rings. The molecule has 1 heterocycles. The van der Waals surface area contributed by atoms with Crippen molar-refractivity contribution in [2.75, 3.05) is 6.54 Å². The van der Waals surface area contributed by atoms with Gasteiger partial charge in [0.2, 0.25) is 11.8 Å². The molecule has 3 amide bonds. The summed E-state index contributed by atoms with van der Waals surface area (Å²) in [7, 11) is 0. The molecule has 0 bridgehead atoms. The molecule has 2 fully saturated rings. The molecule has 31 heavy (non-hydrogen) atoms. The van der Waals surface area contributed by atoms with Gasteiger partial charge in [-0.1, -0.05) is 27.2 Å². The zero-order valence-electron chi connectivity index (χ0n) is 18.8. The summed E-state index contributed by atoms with van der Waals surface area (Å²) < 4.78 is 5.52. The average molecular weight is 440 g/mol. The first kappa shape index (κ1) is 24.9. The number of carbonyl (C=O) groups excluding carboxylic acids is 3. The van der Waals surface area contributed by atoms with Crippen molar-refractivity contribution in [3.63, 3.8) is 0 Å². The number of hydrogen-bond donors (Lipinski definition) is 4. The molecule has 1 aliphatic heterocycles. The minimum Gasteiger partial charge on any atom is -0.480 e. The van der Waals surface area contributed by atoms with Gasteiger partial charge in [0.1, 0.15) is 18.2 Å². The minimum absolute atomic E-state index is 0.0203. The lowest BCUT2D eigenvalue weighted by Gasteiger charge is -2.28. The van der Waals surface area contributed by atoms with Gasteiger partial charge < -0.3 is 25.8 Å². The fraction of sp³-hybridized carbons (Fsp3) is 0.818.